The molecule has 1 aliphatic rings. The zero-order valence-electron chi connectivity index (χ0n) is 18.0. The molecule has 2 aromatic carbocycles. The molecule has 2 heterocycles. The molecule has 9 heteroatoms. The largest absolute Gasteiger partial charge is 0.497 e. The van der Waals surface area contributed by atoms with Crippen molar-refractivity contribution in [1.29, 1.82) is 0 Å². The lowest BCUT2D eigenvalue weighted by Gasteiger charge is -2.27. The Hall–Kier alpha value is -2.75. The minimum Gasteiger partial charge on any atom is -0.497 e. The number of ether oxygens (including phenoxy) is 3. The Morgan fingerprint density at radius 1 is 1.19 bits per heavy atom. The Labute approximate surface area is 190 Å². The predicted molar refractivity (Wildman–Crippen MR) is 122 cm³/mol. The normalized spacial score (nSPS) is 14.4. The third-order valence-corrected chi connectivity index (χ3v) is 6.29. The van der Waals surface area contributed by atoms with Crippen LogP contribution in [0.15, 0.2) is 42.5 Å². The van der Waals surface area contributed by atoms with E-state index in [2.05, 4.69) is 9.88 Å². The lowest BCUT2D eigenvalue weighted by atomic mass is 10.3. The van der Waals surface area contributed by atoms with Crippen LogP contribution in [0.25, 0.3) is 10.2 Å². The number of hydrogen-bond donors (Lipinski definition) is 0. The molecule has 1 saturated heterocycles. The highest BCUT2D eigenvalue weighted by atomic mass is 32.1. The summed E-state index contributed by atoms with van der Waals surface area (Å²) in [6.07, 6.45) is 0.790. The van der Waals surface area contributed by atoms with Crippen molar-refractivity contribution in [2.45, 2.75) is 6.42 Å². The number of aromatic nitrogens is 1. The van der Waals surface area contributed by atoms with Crippen molar-refractivity contribution < 1.29 is 23.4 Å². The number of hydrogen-bond acceptors (Lipinski definition) is 7. The SMILES string of the molecule is COc1ccc(OCC(=O)N(CCCN2CCOCC2)c2nc3ccc(F)cc3s2)cc1. The molecule has 170 valence electrons. The number of benzene rings is 2. The van der Waals surface area contributed by atoms with E-state index in [0.717, 1.165) is 45.0 Å². The summed E-state index contributed by atoms with van der Waals surface area (Å²) < 4.78 is 30.6. The Bertz CT molecular complexity index is 1040. The average Bonchev–Trinajstić information content (AvgIpc) is 3.24. The van der Waals surface area contributed by atoms with Gasteiger partial charge in [-0.15, -0.1) is 0 Å². The van der Waals surface area contributed by atoms with Crippen LogP contribution in [0.1, 0.15) is 6.42 Å². The lowest BCUT2D eigenvalue weighted by molar-refractivity contribution is -0.120. The summed E-state index contributed by atoms with van der Waals surface area (Å²) in [6, 6.07) is 11.5. The molecule has 0 saturated carbocycles. The van der Waals surface area contributed by atoms with Crippen molar-refractivity contribution >= 4 is 32.6 Å². The fourth-order valence-electron chi connectivity index (χ4n) is 3.50. The molecule has 1 fully saturated rings. The van der Waals surface area contributed by atoms with Crippen molar-refractivity contribution in [1.82, 2.24) is 9.88 Å². The van der Waals surface area contributed by atoms with Crippen LogP contribution in [0.4, 0.5) is 9.52 Å². The van der Waals surface area contributed by atoms with Crippen LogP contribution in [0.5, 0.6) is 11.5 Å². The van der Waals surface area contributed by atoms with E-state index in [0.29, 0.717) is 27.6 Å². The highest BCUT2D eigenvalue weighted by molar-refractivity contribution is 7.22. The fraction of sp³-hybridized carbons (Fsp3) is 0.391. The van der Waals surface area contributed by atoms with Gasteiger partial charge < -0.3 is 14.2 Å². The van der Waals surface area contributed by atoms with E-state index in [-0.39, 0.29) is 18.3 Å². The summed E-state index contributed by atoms with van der Waals surface area (Å²) in [5.41, 5.74) is 0.674. The molecule has 4 rings (SSSR count). The van der Waals surface area contributed by atoms with Crippen LogP contribution < -0.4 is 14.4 Å². The third-order valence-electron chi connectivity index (χ3n) is 5.25. The smallest absolute Gasteiger partial charge is 0.266 e. The van der Waals surface area contributed by atoms with Crippen molar-refractivity contribution in [2.24, 2.45) is 0 Å². The first-order valence-electron chi connectivity index (χ1n) is 10.6. The number of anilines is 1. The molecular weight excluding hydrogens is 433 g/mol. The first-order valence-corrected chi connectivity index (χ1v) is 11.4. The summed E-state index contributed by atoms with van der Waals surface area (Å²) in [7, 11) is 1.60. The average molecular weight is 460 g/mol. The summed E-state index contributed by atoms with van der Waals surface area (Å²) >= 11 is 1.31. The minimum absolute atomic E-state index is 0.117. The number of halogens is 1. The molecule has 1 aromatic heterocycles. The maximum atomic E-state index is 13.6. The van der Waals surface area contributed by atoms with E-state index in [9.17, 15) is 9.18 Å². The first-order chi connectivity index (χ1) is 15.6. The van der Waals surface area contributed by atoms with Crippen LogP contribution in [0.3, 0.4) is 0 Å². The van der Waals surface area contributed by atoms with Gasteiger partial charge in [0, 0.05) is 26.2 Å². The molecule has 0 aliphatic carbocycles. The van der Waals surface area contributed by atoms with Crippen molar-refractivity contribution in [3.05, 3.63) is 48.3 Å². The van der Waals surface area contributed by atoms with Crippen LogP contribution >= 0.6 is 11.3 Å². The summed E-state index contributed by atoms with van der Waals surface area (Å²) in [5.74, 6) is 0.789. The van der Waals surface area contributed by atoms with E-state index in [1.807, 2.05) is 0 Å². The molecule has 3 aromatic rings. The van der Waals surface area contributed by atoms with Crippen LogP contribution in [-0.4, -0.2) is 68.9 Å². The Morgan fingerprint density at radius 2 is 1.94 bits per heavy atom. The first kappa shape index (κ1) is 22.4. The highest BCUT2D eigenvalue weighted by Crippen LogP contribution is 2.30. The maximum absolute atomic E-state index is 13.6. The molecule has 0 atom stereocenters. The monoisotopic (exact) mass is 459 g/mol. The summed E-state index contributed by atoms with van der Waals surface area (Å²) in [6.45, 7) is 4.53. The number of carbonyl (C=O) groups is 1. The number of fused-ring (bicyclic) bond motifs is 1. The standard InChI is InChI=1S/C23H26FN3O4S/c1-29-18-4-6-19(7-5-18)31-16-22(28)27(10-2-9-26-11-13-30-14-12-26)23-25-20-8-3-17(24)15-21(20)32-23/h3-8,15H,2,9-14,16H2,1H3. The quantitative estimate of drug-likeness (QED) is 0.488. The zero-order valence-corrected chi connectivity index (χ0v) is 18.8. The Kier molecular flexibility index (Phi) is 7.51. The summed E-state index contributed by atoms with van der Waals surface area (Å²) in [5, 5.41) is 0.552. The number of thiazole rings is 1. The van der Waals surface area contributed by atoms with Crippen LogP contribution in [0, 0.1) is 5.82 Å². The van der Waals surface area contributed by atoms with Gasteiger partial charge in [0.05, 0.1) is 30.5 Å². The van der Waals surface area contributed by atoms with Gasteiger partial charge >= 0.3 is 0 Å². The van der Waals surface area contributed by atoms with Gasteiger partial charge in [0.25, 0.3) is 5.91 Å². The molecule has 1 amide bonds. The molecule has 7 nitrogen and oxygen atoms in total. The molecule has 0 unspecified atom stereocenters. The van der Waals surface area contributed by atoms with Gasteiger partial charge in [-0.25, -0.2) is 9.37 Å². The van der Waals surface area contributed by atoms with Gasteiger partial charge in [0.2, 0.25) is 0 Å². The second-order valence-corrected chi connectivity index (χ2v) is 8.43. The molecule has 0 spiro atoms. The van der Waals surface area contributed by atoms with E-state index in [4.69, 9.17) is 14.2 Å². The van der Waals surface area contributed by atoms with Gasteiger partial charge in [-0.1, -0.05) is 11.3 Å². The topological polar surface area (TPSA) is 64.1 Å². The molecule has 32 heavy (non-hydrogen) atoms. The van der Waals surface area contributed by atoms with Gasteiger partial charge in [0.15, 0.2) is 11.7 Å². The zero-order chi connectivity index (χ0) is 22.3. The van der Waals surface area contributed by atoms with Crippen LogP contribution in [-0.2, 0) is 9.53 Å². The van der Waals surface area contributed by atoms with Crippen LogP contribution in [0.2, 0.25) is 0 Å². The third kappa shape index (κ3) is 5.73. The number of amides is 1. The Balaban J connectivity index is 1.45. The van der Waals surface area contributed by atoms with E-state index < -0.39 is 0 Å². The molecule has 0 bridgehead atoms. The minimum atomic E-state index is -0.319. The second kappa shape index (κ2) is 10.7. The van der Waals surface area contributed by atoms with Gasteiger partial charge in [-0.05, 0) is 48.9 Å². The van der Waals surface area contributed by atoms with Gasteiger partial charge in [0.1, 0.15) is 17.3 Å². The number of rotatable bonds is 9. The van der Waals surface area contributed by atoms with Gasteiger partial charge in [-0.3, -0.25) is 14.6 Å². The van der Waals surface area contributed by atoms with Crippen molar-refractivity contribution in [3.63, 3.8) is 0 Å². The molecular formula is C23H26FN3O4S. The number of morpholine rings is 1. The molecule has 0 N–H and O–H groups in total. The van der Waals surface area contributed by atoms with E-state index >= 15 is 0 Å². The Morgan fingerprint density at radius 3 is 2.69 bits per heavy atom. The fourth-order valence-corrected chi connectivity index (χ4v) is 4.53. The predicted octanol–water partition coefficient (Wildman–Crippen LogP) is 3.58. The van der Waals surface area contributed by atoms with Gasteiger partial charge in [-0.2, -0.15) is 0 Å². The maximum Gasteiger partial charge on any atom is 0.266 e. The van der Waals surface area contributed by atoms with Crippen molar-refractivity contribution in [2.75, 3.05) is 58.0 Å². The number of nitrogens with zero attached hydrogens (tertiary/aromatic N) is 3. The van der Waals surface area contributed by atoms with E-state index in [1.54, 1.807) is 42.3 Å². The number of methoxy groups -OCH3 is 1. The van der Waals surface area contributed by atoms with E-state index in [1.165, 1.54) is 23.5 Å². The second-order valence-electron chi connectivity index (χ2n) is 7.43. The molecule has 1 aliphatic heterocycles. The summed E-state index contributed by atoms with van der Waals surface area (Å²) in [4.78, 5) is 21.6. The molecule has 0 radical (unpaired) electrons. The van der Waals surface area contributed by atoms with Crippen molar-refractivity contribution in [3.8, 4) is 11.5 Å². The number of carbonyl (C=O) groups excluding carboxylic acids is 1. The lowest BCUT2D eigenvalue weighted by Crippen LogP contribution is -2.40. The highest BCUT2D eigenvalue weighted by Gasteiger charge is 2.21.